The summed E-state index contributed by atoms with van der Waals surface area (Å²) in [6.45, 7) is 2.87. The highest BCUT2D eigenvalue weighted by Gasteiger charge is 2.22. The van der Waals surface area contributed by atoms with E-state index >= 15 is 0 Å². The molecule has 1 amide bonds. The minimum atomic E-state index is -0.243. The molecule has 1 aliphatic heterocycles. The highest BCUT2D eigenvalue weighted by Crippen LogP contribution is 2.21. The predicted molar refractivity (Wildman–Crippen MR) is 118 cm³/mol. The highest BCUT2D eigenvalue weighted by molar-refractivity contribution is 7.99. The zero-order chi connectivity index (χ0) is 20.8. The van der Waals surface area contributed by atoms with E-state index in [1.54, 1.807) is 30.1 Å². The van der Waals surface area contributed by atoms with E-state index in [1.165, 1.54) is 12.1 Å². The van der Waals surface area contributed by atoms with Gasteiger partial charge in [-0.15, -0.1) is 11.8 Å². The summed E-state index contributed by atoms with van der Waals surface area (Å²) in [6, 6.07) is 18.2. The SMILES string of the molecule is O=C(CCSc1ccc(F)cc1)N1CCN(c2ccnc(-c3ccccc3)n2)CC1. The Kier molecular flexibility index (Phi) is 6.59. The Morgan fingerprint density at radius 2 is 1.70 bits per heavy atom. The normalized spacial score (nSPS) is 14.0. The third-order valence-electron chi connectivity index (χ3n) is 5.03. The summed E-state index contributed by atoms with van der Waals surface area (Å²) in [5, 5.41) is 0. The highest BCUT2D eigenvalue weighted by atomic mass is 32.2. The first kappa shape index (κ1) is 20.3. The van der Waals surface area contributed by atoms with Gasteiger partial charge in [0.1, 0.15) is 11.6 Å². The lowest BCUT2D eigenvalue weighted by Crippen LogP contribution is -2.49. The first-order valence-corrected chi connectivity index (χ1v) is 11.0. The average Bonchev–Trinajstić information content (AvgIpc) is 2.81. The number of aromatic nitrogens is 2. The van der Waals surface area contributed by atoms with E-state index in [0.29, 0.717) is 31.1 Å². The molecule has 0 saturated carbocycles. The fourth-order valence-corrected chi connectivity index (χ4v) is 4.22. The lowest BCUT2D eigenvalue weighted by Gasteiger charge is -2.35. The van der Waals surface area contributed by atoms with Crippen LogP contribution in [0.4, 0.5) is 10.2 Å². The number of carbonyl (C=O) groups is 1. The van der Waals surface area contributed by atoms with Gasteiger partial charge < -0.3 is 9.80 Å². The van der Waals surface area contributed by atoms with Crippen molar-refractivity contribution >= 4 is 23.5 Å². The monoisotopic (exact) mass is 422 g/mol. The maximum atomic E-state index is 13.0. The summed E-state index contributed by atoms with van der Waals surface area (Å²) >= 11 is 1.58. The van der Waals surface area contributed by atoms with Gasteiger partial charge in [0.2, 0.25) is 5.91 Å². The second-order valence-corrected chi connectivity index (χ2v) is 8.19. The Labute approximate surface area is 180 Å². The lowest BCUT2D eigenvalue weighted by molar-refractivity contribution is -0.131. The number of thioether (sulfide) groups is 1. The molecule has 2 heterocycles. The van der Waals surface area contributed by atoms with Crippen LogP contribution in [0, 0.1) is 5.82 Å². The number of carbonyl (C=O) groups excluding carboxylic acids is 1. The molecule has 1 aliphatic rings. The smallest absolute Gasteiger partial charge is 0.223 e. The number of amides is 1. The summed E-state index contributed by atoms with van der Waals surface area (Å²) in [7, 11) is 0. The molecule has 0 bridgehead atoms. The van der Waals surface area contributed by atoms with Crippen molar-refractivity contribution in [3.8, 4) is 11.4 Å². The zero-order valence-corrected chi connectivity index (χ0v) is 17.4. The van der Waals surface area contributed by atoms with E-state index in [9.17, 15) is 9.18 Å². The Morgan fingerprint density at radius 3 is 2.43 bits per heavy atom. The molecule has 7 heteroatoms. The number of benzene rings is 2. The molecule has 5 nitrogen and oxygen atoms in total. The topological polar surface area (TPSA) is 49.3 Å². The first-order valence-electron chi connectivity index (χ1n) is 9.98. The van der Waals surface area contributed by atoms with E-state index in [0.717, 1.165) is 29.4 Å². The van der Waals surface area contributed by atoms with Crippen molar-refractivity contribution in [2.75, 3.05) is 36.8 Å². The van der Waals surface area contributed by atoms with Gasteiger partial charge in [0.25, 0.3) is 0 Å². The Hall–Kier alpha value is -2.93. The van der Waals surface area contributed by atoms with Crippen LogP contribution in [-0.2, 0) is 4.79 Å². The molecule has 0 atom stereocenters. The maximum absolute atomic E-state index is 13.0. The van der Waals surface area contributed by atoms with Crippen LogP contribution in [-0.4, -0.2) is 52.7 Å². The molecule has 2 aromatic carbocycles. The van der Waals surface area contributed by atoms with Gasteiger partial charge in [-0.25, -0.2) is 14.4 Å². The molecule has 3 aromatic rings. The molecule has 0 radical (unpaired) electrons. The van der Waals surface area contributed by atoms with Gasteiger partial charge >= 0.3 is 0 Å². The third-order valence-corrected chi connectivity index (χ3v) is 6.04. The third kappa shape index (κ3) is 5.16. The van der Waals surface area contributed by atoms with Crippen molar-refractivity contribution in [1.82, 2.24) is 14.9 Å². The van der Waals surface area contributed by atoms with Crippen LogP contribution in [0.5, 0.6) is 0 Å². The number of hydrogen-bond acceptors (Lipinski definition) is 5. The summed E-state index contributed by atoms with van der Waals surface area (Å²) in [4.78, 5) is 26.7. The quantitative estimate of drug-likeness (QED) is 0.560. The van der Waals surface area contributed by atoms with E-state index in [4.69, 9.17) is 4.98 Å². The molecule has 0 N–H and O–H groups in total. The van der Waals surface area contributed by atoms with Crippen LogP contribution in [0.25, 0.3) is 11.4 Å². The summed E-state index contributed by atoms with van der Waals surface area (Å²) < 4.78 is 13.0. The molecule has 0 aliphatic carbocycles. The fourth-order valence-electron chi connectivity index (χ4n) is 3.38. The van der Waals surface area contributed by atoms with Crippen LogP contribution < -0.4 is 4.90 Å². The maximum Gasteiger partial charge on any atom is 0.223 e. The van der Waals surface area contributed by atoms with Crippen molar-refractivity contribution in [3.63, 3.8) is 0 Å². The largest absolute Gasteiger partial charge is 0.353 e. The minimum absolute atomic E-state index is 0.164. The minimum Gasteiger partial charge on any atom is -0.353 e. The Balaban J connectivity index is 1.27. The first-order chi connectivity index (χ1) is 14.7. The van der Waals surface area contributed by atoms with Crippen LogP contribution in [0.2, 0.25) is 0 Å². The molecule has 30 heavy (non-hydrogen) atoms. The van der Waals surface area contributed by atoms with Gasteiger partial charge in [0, 0.05) is 55.0 Å². The fraction of sp³-hybridized carbons (Fsp3) is 0.261. The van der Waals surface area contributed by atoms with E-state index in [1.807, 2.05) is 41.3 Å². The van der Waals surface area contributed by atoms with Gasteiger partial charge in [-0.1, -0.05) is 30.3 Å². The molecule has 0 spiro atoms. The van der Waals surface area contributed by atoms with E-state index in [2.05, 4.69) is 9.88 Å². The Morgan fingerprint density at radius 1 is 0.967 bits per heavy atom. The number of nitrogens with zero attached hydrogens (tertiary/aromatic N) is 4. The van der Waals surface area contributed by atoms with Gasteiger partial charge in [-0.3, -0.25) is 4.79 Å². The van der Waals surface area contributed by atoms with Gasteiger partial charge in [-0.2, -0.15) is 0 Å². The standard InChI is InChI=1S/C23H23FN4OS/c24-19-6-8-20(9-7-19)30-17-11-22(29)28-15-13-27(14-16-28)21-10-12-25-23(26-21)18-4-2-1-3-5-18/h1-10,12H,11,13-17H2. The molecule has 1 aromatic heterocycles. The number of hydrogen-bond donors (Lipinski definition) is 0. The molecule has 1 saturated heterocycles. The van der Waals surface area contributed by atoms with Gasteiger partial charge in [0.05, 0.1) is 0 Å². The average molecular weight is 423 g/mol. The van der Waals surface area contributed by atoms with Crippen molar-refractivity contribution < 1.29 is 9.18 Å². The number of piperazine rings is 1. The van der Waals surface area contributed by atoms with E-state index in [-0.39, 0.29) is 11.7 Å². The molecule has 1 fully saturated rings. The zero-order valence-electron chi connectivity index (χ0n) is 16.6. The van der Waals surface area contributed by atoms with E-state index < -0.39 is 0 Å². The van der Waals surface area contributed by atoms with Crippen LogP contribution in [0.1, 0.15) is 6.42 Å². The molecule has 154 valence electrons. The van der Waals surface area contributed by atoms with Crippen LogP contribution in [0.3, 0.4) is 0 Å². The molecular weight excluding hydrogens is 399 g/mol. The molecule has 4 rings (SSSR count). The van der Waals surface area contributed by atoms with Crippen molar-refractivity contribution in [3.05, 3.63) is 72.7 Å². The Bertz CT molecular complexity index is 976. The molecule has 0 unspecified atom stereocenters. The number of rotatable bonds is 6. The van der Waals surface area contributed by atoms with Crippen molar-refractivity contribution in [2.45, 2.75) is 11.3 Å². The summed E-state index contributed by atoms with van der Waals surface area (Å²) in [5.41, 5.74) is 0.992. The second-order valence-electron chi connectivity index (χ2n) is 7.02. The summed E-state index contributed by atoms with van der Waals surface area (Å²) in [5.74, 6) is 2.22. The van der Waals surface area contributed by atoms with Crippen molar-refractivity contribution in [1.29, 1.82) is 0 Å². The lowest BCUT2D eigenvalue weighted by atomic mass is 10.2. The van der Waals surface area contributed by atoms with Gasteiger partial charge in [-0.05, 0) is 30.3 Å². The van der Waals surface area contributed by atoms with Gasteiger partial charge in [0.15, 0.2) is 5.82 Å². The summed E-state index contributed by atoms with van der Waals surface area (Å²) in [6.07, 6.45) is 2.27. The van der Waals surface area contributed by atoms with Crippen LogP contribution >= 0.6 is 11.8 Å². The molecular formula is C23H23FN4OS. The number of halogens is 1. The van der Waals surface area contributed by atoms with Crippen LogP contribution in [0.15, 0.2) is 71.8 Å². The predicted octanol–water partition coefficient (Wildman–Crippen LogP) is 4.11. The van der Waals surface area contributed by atoms with Crippen molar-refractivity contribution in [2.24, 2.45) is 0 Å². The second kappa shape index (κ2) is 9.71. The number of anilines is 1.